The molecule has 118 valence electrons. The summed E-state index contributed by atoms with van der Waals surface area (Å²) in [6.45, 7) is 0. The summed E-state index contributed by atoms with van der Waals surface area (Å²) >= 11 is 0. The van der Waals surface area contributed by atoms with Gasteiger partial charge in [-0.05, 0) is 17.7 Å². The summed E-state index contributed by atoms with van der Waals surface area (Å²) in [5, 5.41) is 8.82. The fourth-order valence-corrected chi connectivity index (χ4v) is 3.23. The summed E-state index contributed by atoms with van der Waals surface area (Å²) in [6, 6.07) is 13.4. The van der Waals surface area contributed by atoms with E-state index in [1.807, 2.05) is 42.5 Å². The van der Waals surface area contributed by atoms with Gasteiger partial charge in [0.2, 0.25) is 0 Å². The standard InChI is InChI=1S/C17H13FN6/c18-12-9-15(11-5-2-1-3-6-11)23-16(12)21-17(22-23)24-14-7-4-8-19-13(14)10-20-24/h1-8,10,12,15H,9H2. The monoisotopic (exact) mass is 320 g/mol. The molecule has 3 aromatic heterocycles. The number of benzene rings is 1. The normalized spacial score (nSPS) is 19.7. The summed E-state index contributed by atoms with van der Waals surface area (Å²) in [4.78, 5) is 8.64. The minimum absolute atomic E-state index is 0.141. The van der Waals surface area contributed by atoms with Gasteiger partial charge in [0.05, 0.1) is 17.8 Å². The third-order valence-corrected chi connectivity index (χ3v) is 4.37. The Bertz CT molecular complexity index is 1020. The quantitative estimate of drug-likeness (QED) is 0.569. The van der Waals surface area contributed by atoms with Crippen molar-refractivity contribution in [2.75, 3.05) is 0 Å². The van der Waals surface area contributed by atoms with Crippen LogP contribution >= 0.6 is 0 Å². The maximum Gasteiger partial charge on any atom is 0.270 e. The number of pyridine rings is 1. The predicted molar refractivity (Wildman–Crippen MR) is 85.5 cm³/mol. The lowest BCUT2D eigenvalue weighted by Gasteiger charge is -2.11. The van der Waals surface area contributed by atoms with Crippen molar-refractivity contribution in [1.29, 1.82) is 0 Å². The van der Waals surface area contributed by atoms with Crippen LogP contribution in [0.3, 0.4) is 0 Å². The van der Waals surface area contributed by atoms with Crippen molar-refractivity contribution in [3.63, 3.8) is 0 Å². The van der Waals surface area contributed by atoms with Gasteiger partial charge in [0.15, 0.2) is 12.0 Å². The molecule has 0 N–H and O–H groups in total. The van der Waals surface area contributed by atoms with Crippen LogP contribution in [-0.4, -0.2) is 29.5 Å². The fraction of sp³-hybridized carbons (Fsp3) is 0.176. The van der Waals surface area contributed by atoms with Gasteiger partial charge in [-0.15, -0.1) is 5.10 Å². The molecule has 0 radical (unpaired) electrons. The van der Waals surface area contributed by atoms with Crippen LogP contribution in [-0.2, 0) is 0 Å². The SMILES string of the molecule is FC1CC(c2ccccc2)n2nc(-n3ncc4ncccc43)nc21. The smallest absolute Gasteiger partial charge is 0.253 e. The van der Waals surface area contributed by atoms with E-state index in [1.54, 1.807) is 21.8 Å². The van der Waals surface area contributed by atoms with Gasteiger partial charge in [-0.2, -0.15) is 14.8 Å². The van der Waals surface area contributed by atoms with Crippen LogP contribution < -0.4 is 0 Å². The Morgan fingerprint density at radius 2 is 1.96 bits per heavy atom. The highest BCUT2D eigenvalue weighted by Crippen LogP contribution is 2.39. The molecule has 6 nitrogen and oxygen atoms in total. The average Bonchev–Trinajstić information content (AvgIpc) is 3.30. The van der Waals surface area contributed by atoms with Crippen molar-refractivity contribution in [2.45, 2.75) is 18.6 Å². The third kappa shape index (κ3) is 1.87. The zero-order valence-electron chi connectivity index (χ0n) is 12.6. The van der Waals surface area contributed by atoms with Crippen LogP contribution in [0, 0.1) is 0 Å². The molecule has 24 heavy (non-hydrogen) atoms. The Kier molecular flexibility index (Phi) is 2.76. The maximum absolute atomic E-state index is 14.5. The summed E-state index contributed by atoms with van der Waals surface area (Å²) in [5.41, 5.74) is 2.58. The molecule has 5 rings (SSSR count). The minimum Gasteiger partial charge on any atom is -0.253 e. The second kappa shape index (κ2) is 4.95. The predicted octanol–water partition coefficient (Wildman–Crippen LogP) is 3.02. The zero-order chi connectivity index (χ0) is 16.1. The highest BCUT2D eigenvalue weighted by molar-refractivity contribution is 5.74. The molecule has 0 amide bonds. The first-order valence-corrected chi connectivity index (χ1v) is 7.76. The summed E-state index contributed by atoms with van der Waals surface area (Å²) in [7, 11) is 0. The van der Waals surface area contributed by atoms with Crippen LogP contribution in [0.2, 0.25) is 0 Å². The first-order valence-electron chi connectivity index (χ1n) is 7.76. The van der Waals surface area contributed by atoms with E-state index in [4.69, 9.17) is 0 Å². The molecule has 1 aliphatic rings. The molecule has 4 aromatic rings. The summed E-state index contributed by atoms with van der Waals surface area (Å²) in [6.07, 6.45) is 2.60. The second-order valence-electron chi connectivity index (χ2n) is 5.81. The Balaban J connectivity index is 1.63. The van der Waals surface area contributed by atoms with Crippen molar-refractivity contribution >= 4 is 11.0 Å². The molecule has 0 fully saturated rings. The van der Waals surface area contributed by atoms with Gasteiger partial charge < -0.3 is 0 Å². The molecule has 0 saturated heterocycles. The number of hydrogen-bond acceptors (Lipinski definition) is 4. The average molecular weight is 320 g/mol. The lowest BCUT2D eigenvalue weighted by molar-refractivity contribution is 0.328. The summed E-state index contributed by atoms with van der Waals surface area (Å²) < 4.78 is 17.7. The van der Waals surface area contributed by atoms with Crippen LogP contribution in [0.4, 0.5) is 4.39 Å². The van der Waals surface area contributed by atoms with E-state index in [1.165, 1.54) is 0 Å². The van der Waals surface area contributed by atoms with Crippen LogP contribution in [0.5, 0.6) is 0 Å². The number of nitrogens with zero attached hydrogens (tertiary/aromatic N) is 6. The Hall–Kier alpha value is -3.09. The Morgan fingerprint density at radius 3 is 2.83 bits per heavy atom. The number of fused-ring (bicyclic) bond motifs is 2. The van der Waals surface area contributed by atoms with Crippen LogP contribution in [0.1, 0.15) is 30.0 Å². The summed E-state index contributed by atoms with van der Waals surface area (Å²) in [5.74, 6) is 0.725. The van der Waals surface area contributed by atoms with Crippen molar-refractivity contribution < 1.29 is 4.39 Å². The van der Waals surface area contributed by atoms with Crippen molar-refractivity contribution in [3.8, 4) is 5.95 Å². The molecular formula is C17H13FN6. The van der Waals surface area contributed by atoms with E-state index >= 15 is 0 Å². The van der Waals surface area contributed by atoms with E-state index in [9.17, 15) is 4.39 Å². The first kappa shape index (κ1) is 13.4. The zero-order valence-corrected chi connectivity index (χ0v) is 12.6. The molecule has 1 aromatic carbocycles. The van der Waals surface area contributed by atoms with E-state index in [2.05, 4.69) is 20.2 Å². The van der Waals surface area contributed by atoms with Gasteiger partial charge in [0, 0.05) is 12.6 Å². The van der Waals surface area contributed by atoms with Gasteiger partial charge in [-0.25, -0.2) is 9.07 Å². The molecule has 4 heterocycles. The van der Waals surface area contributed by atoms with Crippen molar-refractivity contribution in [2.24, 2.45) is 0 Å². The third-order valence-electron chi connectivity index (χ3n) is 4.37. The molecule has 0 spiro atoms. The lowest BCUT2D eigenvalue weighted by Crippen LogP contribution is -2.08. The minimum atomic E-state index is -1.13. The highest BCUT2D eigenvalue weighted by Gasteiger charge is 2.35. The topological polar surface area (TPSA) is 61.4 Å². The lowest BCUT2D eigenvalue weighted by atomic mass is 10.0. The molecule has 2 unspecified atom stereocenters. The van der Waals surface area contributed by atoms with E-state index in [0.717, 1.165) is 16.6 Å². The van der Waals surface area contributed by atoms with Gasteiger partial charge in [0.25, 0.3) is 5.95 Å². The van der Waals surface area contributed by atoms with E-state index in [0.29, 0.717) is 18.2 Å². The number of alkyl halides is 1. The van der Waals surface area contributed by atoms with Gasteiger partial charge in [-0.1, -0.05) is 30.3 Å². The molecule has 0 bridgehead atoms. The maximum atomic E-state index is 14.5. The van der Waals surface area contributed by atoms with Crippen molar-refractivity contribution in [3.05, 3.63) is 66.2 Å². The number of rotatable bonds is 2. The molecular weight excluding hydrogens is 307 g/mol. The first-order chi connectivity index (χ1) is 11.8. The van der Waals surface area contributed by atoms with Gasteiger partial charge >= 0.3 is 0 Å². The number of aromatic nitrogens is 6. The molecule has 1 aliphatic heterocycles. The molecule has 2 atom stereocenters. The van der Waals surface area contributed by atoms with Crippen molar-refractivity contribution in [1.82, 2.24) is 29.5 Å². The second-order valence-corrected chi connectivity index (χ2v) is 5.81. The molecule has 0 saturated carbocycles. The van der Waals surface area contributed by atoms with Crippen LogP contribution in [0.15, 0.2) is 54.9 Å². The Labute approximate surface area is 136 Å². The van der Waals surface area contributed by atoms with Crippen LogP contribution in [0.25, 0.3) is 17.0 Å². The fourth-order valence-electron chi connectivity index (χ4n) is 3.23. The highest BCUT2D eigenvalue weighted by atomic mass is 19.1. The van der Waals surface area contributed by atoms with E-state index in [-0.39, 0.29) is 6.04 Å². The van der Waals surface area contributed by atoms with Gasteiger partial charge in [0.1, 0.15) is 5.52 Å². The molecule has 0 aliphatic carbocycles. The Morgan fingerprint density at radius 1 is 1.08 bits per heavy atom. The molecule has 7 heteroatoms. The number of hydrogen-bond donors (Lipinski definition) is 0. The number of halogens is 1. The largest absolute Gasteiger partial charge is 0.270 e. The van der Waals surface area contributed by atoms with E-state index < -0.39 is 6.17 Å². The van der Waals surface area contributed by atoms with Gasteiger partial charge in [-0.3, -0.25) is 4.98 Å².